The van der Waals surface area contributed by atoms with Crippen LogP contribution in [0.25, 0.3) is 23.1 Å². The maximum atomic E-state index is 6.04. The Morgan fingerprint density at radius 3 is 2.94 bits per heavy atom. The summed E-state index contributed by atoms with van der Waals surface area (Å²) in [6, 6.07) is 5.53. The zero-order valence-corrected chi connectivity index (χ0v) is 11.7. The molecule has 0 saturated carbocycles. The van der Waals surface area contributed by atoms with E-state index in [4.69, 9.17) is 16.1 Å². The lowest BCUT2D eigenvalue weighted by Crippen LogP contribution is -1.84. The van der Waals surface area contributed by atoms with E-state index in [0.29, 0.717) is 22.6 Å². The number of H-pyrrole nitrogens is 1. The first kappa shape index (κ1) is 11.6. The lowest BCUT2D eigenvalue weighted by molar-refractivity contribution is 0.432. The molecule has 3 aromatic rings. The molecule has 0 amide bonds. The van der Waals surface area contributed by atoms with E-state index in [1.165, 1.54) is 6.33 Å². The topological polar surface area (TPSA) is 80.5 Å². The summed E-state index contributed by atoms with van der Waals surface area (Å²) in [5.74, 6) is 1.21. The van der Waals surface area contributed by atoms with Gasteiger partial charge in [-0.15, -0.1) is 0 Å². The third-order valence-electron chi connectivity index (χ3n) is 2.22. The van der Waals surface area contributed by atoms with Crippen molar-refractivity contribution in [2.75, 3.05) is 0 Å². The molecule has 3 rings (SSSR count). The fourth-order valence-corrected chi connectivity index (χ4v) is 1.90. The molecule has 1 N–H and O–H groups in total. The predicted octanol–water partition coefficient (Wildman–Crippen LogP) is 2.78. The van der Waals surface area contributed by atoms with Gasteiger partial charge < -0.3 is 4.52 Å². The van der Waals surface area contributed by atoms with E-state index in [2.05, 4.69) is 47.9 Å². The van der Waals surface area contributed by atoms with Gasteiger partial charge in [-0.2, -0.15) is 10.1 Å². The molecule has 6 nitrogen and oxygen atoms in total. The van der Waals surface area contributed by atoms with Gasteiger partial charge in [0.15, 0.2) is 5.82 Å². The summed E-state index contributed by atoms with van der Waals surface area (Å²) in [5.41, 5.74) is 0.763. The van der Waals surface area contributed by atoms with Crippen LogP contribution in [0.5, 0.6) is 0 Å². The second kappa shape index (κ2) is 4.65. The summed E-state index contributed by atoms with van der Waals surface area (Å²) in [6.07, 6.45) is 1.38. The number of aromatic amines is 1. The molecule has 0 saturated heterocycles. The molecule has 0 spiro atoms. The first-order valence-electron chi connectivity index (χ1n) is 4.89. The Bertz CT molecular complexity index is 681. The lowest BCUT2D eigenvalue weighted by atomic mass is 10.2. The summed E-state index contributed by atoms with van der Waals surface area (Å²) < 4.78 is 6.13. The normalized spacial score (nSPS) is 10.8. The summed E-state index contributed by atoms with van der Waals surface area (Å²) in [6.45, 7) is 0. The molecule has 2 aromatic heterocycles. The molecule has 0 atom stereocenters. The van der Waals surface area contributed by atoms with Gasteiger partial charge in [0.05, 0.1) is 5.02 Å². The smallest absolute Gasteiger partial charge is 0.258 e. The van der Waals surface area contributed by atoms with Crippen LogP contribution in [0.15, 0.2) is 29.0 Å². The average Bonchev–Trinajstić information content (AvgIpc) is 3.01. The van der Waals surface area contributed by atoms with Crippen LogP contribution in [-0.2, 0) is 0 Å². The van der Waals surface area contributed by atoms with Crippen molar-refractivity contribution >= 4 is 34.2 Å². The van der Waals surface area contributed by atoms with Crippen molar-refractivity contribution < 1.29 is 4.52 Å². The highest BCUT2D eigenvalue weighted by atomic mass is 127. The first-order valence-corrected chi connectivity index (χ1v) is 6.34. The van der Waals surface area contributed by atoms with Crippen molar-refractivity contribution in [1.29, 1.82) is 0 Å². The minimum atomic E-state index is 0.358. The number of benzene rings is 1. The van der Waals surface area contributed by atoms with Gasteiger partial charge in [0.25, 0.3) is 5.89 Å². The van der Waals surface area contributed by atoms with Gasteiger partial charge in [-0.25, -0.2) is 4.98 Å². The van der Waals surface area contributed by atoms with Gasteiger partial charge in [-0.3, -0.25) is 5.10 Å². The van der Waals surface area contributed by atoms with Crippen LogP contribution < -0.4 is 0 Å². The second-order valence-electron chi connectivity index (χ2n) is 3.39. The predicted molar refractivity (Wildman–Crippen MR) is 72.8 cm³/mol. The molecule has 0 bridgehead atoms. The number of rotatable bonds is 2. The van der Waals surface area contributed by atoms with Gasteiger partial charge in [-0.05, 0) is 40.8 Å². The average molecular weight is 374 g/mol. The fraction of sp³-hybridized carbons (Fsp3) is 0. The Kier molecular flexibility index (Phi) is 3.00. The van der Waals surface area contributed by atoms with Crippen LogP contribution in [0.2, 0.25) is 5.02 Å². The molecular formula is C10H5ClIN5O. The largest absolute Gasteiger partial charge is 0.333 e. The Morgan fingerprint density at radius 2 is 2.22 bits per heavy atom. The molecular weight excluding hydrogens is 369 g/mol. The Hall–Kier alpha value is -1.48. The maximum absolute atomic E-state index is 6.04. The number of nitrogens with one attached hydrogen (secondary N) is 1. The van der Waals surface area contributed by atoms with Crippen molar-refractivity contribution in [2.45, 2.75) is 0 Å². The van der Waals surface area contributed by atoms with Crippen LogP contribution in [0.3, 0.4) is 0 Å². The van der Waals surface area contributed by atoms with Crippen molar-refractivity contribution in [3.8, 4) is 23.1 Å². The SMILES string of the molecule is Clc1cc(-c2nc(-c3ncn[nH]3)no2)ccc1I. The summed E-state index contributed by atoms with van der Waals surface area (Å²) in [7, 11) is 0. The van der Waals surface area contributed by atoms with Crippen LogP contribution in [-0.4, -0.2) is 25.3 Å². The third kappa shape index (κ3) is 2.10. The fourth-order valence-electron chi connectivity index (χ4n) is 1.38. The van der Waals surface area contributed by atoms with Crippen molar-refractivity contribution in [2.24, 2.45) is 0 Å². The zero-order valence-electron chi connectivity index (χ0n) is 8.76. The van der Waals surface area contributed by atoms with Crippen LogP contribution >= 0.6 is 34.2 Å². The molecule has 8 heteroatoms. The Balaban J connectivity index is 2.00. The van der Waals surface area contributed by atoms with E-state index in [1.807, 2.05) is 12.1 Å². The summed E-state index contributed by atoms with van der Waals surface area (Å²) >= 11 is 8.20. The number of hydrogen-bond acceptors (Lipinski definition) is 5. The highest BCUT2D eigenvalue weighted by Gasteiger charge is 2.13. The van der Waals surface area contributed by atoms with Crippen LogP contribution in [0.1, 0.15) is 0 Å². The van der Waals surface area contributed by atoms with Crippen molar-refractivity contribution in [3.05, 3.63) is 33.1 Å². The second-order valence-corrected chi connectivity index (χ2v) is 4.96. The summed E-state index contributed by atoms with van der Waals surface area (Å²) in [4.78, 5) is 8.17. The van der Waals surface area contributed by atoms with E-state index in [0.717, 1.165) is 9.13 Å². The van der Waals surface area contributed by atoms with E-state index in [1.54, 1.807) is 6.07 Å². The van der Waals surface area contributed by atoms with Gasteiger partial charge in [0.2, 0.25) is 5.82 Å². The molecule has 0 fully saturated rings. The van der Waals surface area contributed by atoms with Crippen LogP contribution in [0.4, 0.5) is 0 Å². The monoisotopic (exact) mass is 373 g/mol. The quantitative estimate of drug-likeness (QED) is 0.699. The lowest BCUT2D eigenvalue weighted by Gasteiger charge is -1.97. The maximum Gasteiger partial charge on any atom is 0.258 e. The molecule has 0 unspecified atom stereocenters. The Labute approximate surface area is 120 Å². The first-order chi connectivity index (χ1) is 8.74. The van der Waals surface area contributed by atoms with E-state index in [-0.39, 0.29) is 0 Å². The molecule has 90 valence electrons. The molecule has 1 aromatic carbocycles. The molecule has 0 aliphatic heterocycles. The highest BCUT2D eigenvalue weighted by molar-refractivity contribution is 14.1. The number of aromatic nitrogens is 5. The van der Waals surface area contributed by atoms with Gasteiger partial charge >= 0.3 is 0 Å². The minimum Gasteiger partial charge on any atom is -0.333 e. The van der Waals surface area contributed by atoms with Gasteiger partial charge in [0.1, 0.15) is 6.33 Å². The molecule has 0 aliphatic rings. The van der Waals surface area contributed by atoms with E-state index >= 15 is 0 Å². The standard InChI is InChI=1S/C10H5ClIN5O/c11-6-3-5(1-2-7(6)12)10-15-9(17-18-10)8-13-4-14-16-8/h1-4H,(H,13,14,16). The highest BCUT2D eigenvalue weighted by Crippen LogP contribution is 2.26. The molecule has 0 aliphatic carbocycles. The van der Waals surface area contributed by atoms with Gasteiger partial charge in [0, 0.05) is 9.13 Å². The van der Waals surface area contributed by atoms with E-state index < -0.39 is 0 Å². The third-order valence-corrected chi connectivity index (χ3v) is 3.79. The number of hydrogen-bond donors (Lipinski definition) is 1. The number of halogens is 2. The summed E-state index contributed by atoms with van der Waals surface area (Å²) in [5, 5.41) is 10.9. The number of nitrogens with zero attached hydrogens (tertiary/aromatic N) is 4. The van der Waals surface area contributed by atoms with Crippen LogP contribution in [0, 0.1) is 3.57 Å². The molecule has 18 heavy (non-hydrogen) atoms. The van der Waals surface area contributed by atoms with E-state index in [9.17, 15) is 0 Å². The Morgan fingerprint density at radius 1 is 1.33 bits per heavy atom. The minimum absolute atomic E-state index is 0.358. The molecule has 0 radical (unpaired) electrons. The zero-order chi connectivity index (χ0) is 12.5. The van der Waals surface area contributed by atoms with Crippen molar-refractivity contribution in [1.82, 2.24) is 25.3 Å². The molecule has 2 heterocycles. The van der Waals surface area contributed by atoms with Crippen molar-refractivity contribution in [3.63, 3.8) is 0 Å². The van der Waals surface area contributed by atoms with Gasteiger partial charge in [-0.1, -0.05) is 16.8 Å².